The Labute approximate surface area is 298 Å². The number of hydrogen-bond acceptors (Lipinski definition) is 2. The van der Waals surface area contributed by atoms with Gasteiger partial charge in [-0.1, -0.05) is 115 Å². The average Bonchev–Trinajstić information content (AvgIpc) is 3.55. The molecule has 0 aliphatic heterocycles. The van der Waals surface area contributed by atoms with E-state index < -0.39 is 0 Å². The normalized spacial score (nSPS) is 11.1. The summed E-state index contributed by atoms with van der Waals surface area (Å²) in [6.07, 6.45) is 0. The van der Waals surface area contributed by atoms with Gasteiger partial charge in [0, 0.05) is 50.6 Å². The van der Waals surface area contributed by atoms with Crippen molar-refractivity contribution in [3.05, 3.63) is 212 Å². The molecular formula is C48H35N3. The van der Waals surface area contributed by atoms with E-state index in [0.717, 1.165) is 39.8 Å². The van der Waals surface area contributed by atoms with Crippen LogP contribution in [0, 0.1) is 0 Å². The van der Waals surface area contributed by atoms with Crippen LogP contribution in [0.25, 0.3) is 38.6 Å². The summed E-state index contributed by atoms with van der Waals surface area (Å²) < 4.78 is 2.40. The first-order valence-corrected chi connectivity index (χ1v) is 17.4. The molecule has 1 heterocycles. The average molecular weight is 654 g/mol. The van der Waals surface area contributed by atoms with Crippen LogP contribution < -0.4 is 9.80 Å². The summed E-state index contributed by atoms with van der Waals surface area (Å²) in [7, 11) is 0. The van der Waals surface area contributed by atoms with Crippen LogP contribution in [0.2, 0.25) is 0 Å². The van der Waals surface area contributed by atoms with Crippen LogP contribution in [0.4, 0.5) is 34.1 Å². The lowest BCUT2D eigenvalue weighted by Crippen LogP contribution is -2.09. The molecular weight excluding hydrogens is 619 g/mol. The first-order chi connectivity index (χ1) is 25.3. The monoisotopic (exact) mass is 653 g/mol. The Morgan fingerprint density at radius 1 is 0.314 bits per heavy atom. The van der Waals surface area contributed by atoms with E-state index in [1.54, 1.807) is 0 Å². The second-order valence-electron chi connectivity index (χ2n) is 12.6. The molecule has 51 heavy (non-hydrogen) atoms. The third kappa shape index (κ3) is 5.61. The Kier molecular flexibility index (Phi) is 7.84. The number of rotatable bonds is 8. The highest BCUT2D eigenvalue weighted by Gasteiger charge is 2.19. The predicted octanol–water partition coefficient (Wildman–Crippen LogP) is 13.4. The zero-order valence-electron chi connectivity index (χ0n) is 28.0. The maximum Gasteiger partial charge on any atom is 0.0547 e. The lowest BCUT2D eigenvalue weighted by atomic mass is 9.98. The molecule has 242 valence electrons. The molecule has 0 aliphatic carbocycles. The van der Waals surface area contributed by atoms with Crippen molar-refractivity contribution in [1.82, 2.24) is 4.57 Å². The van der Waals surface area contributed by atoms with Crippen LogP contribution in [0.5, 0.6) is 0 Å². The van der Waals surface area contributed by atoms with Gasteiger partial charge in [-0.3, -0.25) is 0 Å². The Morgan fingerprint density at radius 3 is 1.31 bits per heavy atom. The maximum absolute atomic E-state index is 2.40. The van der Waals surface area contributed by atoms with E-state index in [2.05, 4.69) is 227 Å². The minimum Gasteiger partial charge on any atom is -0.311 e. The standard InChI is InChI=1S/C48H35N3/c1-5-18-37(19-6-1)49(38-20-7-2-8-21-38)41-31-33-42(34-32-41)51-46-29-14-13-27-45(46)48-44(28-16-30-47(48)51)36-17-15-26-43(35-36)50(39-22-9-3-10-23-39)40-24-11-4-12-25-40/h1-35H. The summed E-state index contributed by atoms with van der Waals surface area (Å²) in [6.45, 7) is 0. The zero-order chi connectivity index (χ0) is 34.0. The second kappa shape index (κ2) is 13.2. The van der Waals surface area contributed by atoms with Crippen LogP contribution in [0.3, 0.4) is 0 Å². The van der Waals surface area contributed by atoms with Crippen molar-refractivity contribution < 1.29 is 0 Å². The Bertz CT molecular complexity index is 2480. The van der Waals surface area contributed by atoms with Crippen LogP contribution in [0.1, 0.15) is 0 Å². The molecule has 0 amide bonds. The van der Waals surface area contributed by atoms with E-state index in [1.807, 2.05) is 0 Å². The first kappa shape index (κ1) is 30.2. The molecule has 0 saturated heterocycles. The number of benzene rings is 8. The van der Waals surface area contributed by atoms with Gasteiger partial charge < -0.3 is 14.4 Å². The smallest absolute Gasteiger partial charge is 0.0547 e. The van der Waals surface area contributed by atoms with Gasteiger partial charge in [0.25, 0.3) is 0 Å². The van der Waals surface area contributed by atoms with E-state index in [1.165, 1.54) is 32.9 Å². The van der Waals surface area contributed by atoms with E-state index in [0.29, 0.717) is 0 Å². The molecule has 9 aromatic rings. The molecule has 0 radical (unpaired) electrons. The van der Waals surface area contributed by atoms with Crippen molar-refractivity contribution in [3.8, 4) is 16.8 Å². The van der Waals surface area contributed by atoms with Crippen LogP contribution in [0.15, 0.2) is 212 Å². The van der Waals surface area contributed by atoms with Crippen molar-refractivity contribution in [2.45, 2.75) is 0 Å². The van der Waals surface area contributed by atoms with E-state index in [4.69, 9.17) is 0 Å². The number of nitrogens with zero attached hydrogens (tertiary/aromatic N) is 3. The molecule has 3 heteroatoms. The lowest BCUT2D eigenvalue weighted by molar-refractivity contribution is 1.17. The highest BCUT2D eigenvalue weighted by atomic mass is 15.1. The molecule has 0 spiro atoms. The number of anilines is 6. The van der Waals surface area contributed by atoms with Gasteiger partial charge in [0.1, 0.15) is 0 Å². The lowest BCUT2D eigenvalue weighted by Gasteiger charge is -2.26. The minimum absolute atomic E-state index is 1.11. The number of fused-ring (bicyclic) bond motifs is 3. The molecule has 1 aromatic heterocycles. The number of para-hydroxylation sites is 5. The summed E-state index contributed by atoms with van der Waals surface area (Å²) in [5.74, 6) is 0. The van der Waals surface area contributed by atoms with Crippen molar-refractivity contribution in [1.29, 1.82) is 0 Å². The quantitative estimate of drug-likeness (QED) is 0.162. The van der Waals surface area contributed by atoms with Gasteiger partial charge in [-0.05, 0) is 108 Å². The Balaban J connectivity index is 1.17. The third-order valence-corrected chi connectivity index (χ3v) is 9.54. The Hall–Kier alpha value is -6.84. The molecule has 0 N–H and O–H groups in total. The Morgan fingerprint density at radius 2 is 0.745 bits per heavy atom. The van der Waals surface area contributed by atoms with Gasteiger partial charge in [0.2, 0.25) is 0 Å². The number of aromatic nitrogens is 1. The molecule has 9 rings (SSSR count). The van der Waals surface area contributed by atoms with Gasteiger partial charge in [0.15, 0.2) is 0 Å². The van der Waals surface area contributed by atoms with Crippen molar-refractivity contribution in [2.75, 3.05) is 9.80 Å². The predicted molar refractivity (Wildman–Crippen MR) is 216 cm³/mol. The van der Waals surface area contributed by atoms with Crippen molar-refractivity contribution >= 4 is 55.9 Å². The van der Waals surface area contributed by atoms with E-state index >= 15 is 0 Å². The summed E-state index contributed by atoms with van der Waals surface area (Å²) in [6, 6.07) is 75.6. The minimum atomic E-state index is 1.11. The summed E-state index contributed by atoms with van der Waals surface area (Å²) in [4.78, 5) is 4.62. The van der Waals surface area contributed by atoms with E-state index in [9.17, 15) is 0 Å². The molecule has 0 bridgehead atoms. The second-order valence-corrected chi connectivity index (χ2v) is 12.6. The summed E-state index contributed by atoms with van der Waals surface area (Å²) in [5, 5.41) is 2.48. The molecule has 0 fully saturated rings. The summed E-state index contributed by atoms with van der Waals surface area (Å²) in [5.41, 5.74) is 12.6. The van der Waals surface area contributed by atoms with Gasteiger partial charge in [-0.25, -0.2) is 0 Å². The van der Waals surface area contributed by atoms with E-state index in [-0.39, 0.29) is 0 Å². The topological polar surface area (TPSA) is 11.4 Å². The fourth-order valence-electron chi connectivity index (χ4n) is 7.30. The maximum atomic E-state index is 2.40. The van der Waals surface area contributed by atoms with Crippen LogP contribution >= 0.6 is 0 Å². The molecule has 0 aliphatic rings. The van der Waals surface area contributed by atoms with Crippen LogP contribution in [-0.4, -0.2) is 4.57 Å². The van der Waals surface area contributed by atoms with Gasteiger partial charge >= 0.3 is 0 Å². The number of hydrogen-bond donors (Lipinski definition) is 0. The largest absolute Gasteiger partial charge is 0.311 e. The van der Waals surface area contributed by atoms with Crippen molar-refractivity contribution in [2.24, 2.45) is 0 Å². The highest BCUT2D eigenvalue weighted by Crippen LogP contribution is 2.42. The van der Waals surface area contributed by atoms with Gasteiger partial charge in [-0.15, -0.1) is 0 Å². The zero-order valence-corrected chi connectivity index (χ0v) is 28.0. The molecule has 0 unspecified atom stereocenters. The molecule has 0 atom stereocenters. The molecule has 3 nitrogen and oxygen atoms in total. The molecule has 8 aromatic carbocycles. The first-order valence-electron chi connectivity index (χ1n) is 17.4. The fraction of sp³-hybridized carbons (Fsp3) is 0. The fourth-order valence-corrected chi connectivity index (χ4v) is 7.30. The highest BCUT2D eigenvalue weighted by molar-refractivity contribution is 6.16. The SMILES string of the molecule is c1ccc(N(c2ccccc2)c2ccc(-n3c4ccccc4c4c(-c5cccc(N(c6ccccc6)c6ccccc6)c5)cccc43)cc2)cc1. The van der Waals surface area contributed by atoms with Gasteiger partial charge in [0.05, 0.1) is 11.0 Å². The van der Waals surface area contributed by atoms with Crippen LogP contribution in [-0.2, 0) is 0 Å². The third-order valence-electron chi connectivity index (χ3n) is 9.54. The molecule has 0 saturated carbocycles. The summed E-state index contributed by atoms with van der Waals surface area (Å²) >= 11 is 0. The van der Waals surface area contributed by atoms with Crippen molar-refractivity contribution in [3.63, 3.8) is 0 Å². The van der Waals surface area contributed by atoms with Gasteiger partial charge in [-0.2, -0.15) is 0 Å².